The lowest BCUT2D eigenvalue weighted by atomic mass is 10.1. The molecular weight excluding hydrogens is 409 g/mol. The van der Waals surface area contributed by atoms with Crippen molar-refractivity contribution in [1.82, 2.24) is 14.7 Å². The number of sulfonamides is 1. The van der Waals surface area contributed by atoms with Gasteiger partial charge < -0.3 is 10.1 Å². The molecule has 2 aromatic rings. The molecule has 1 heterocycles. The molecule has 0 unspecified atom stereocenters. The van der Waals surface area contributed by atoms with Crippen molar-refractivity contribution >= 4 is 33.1 Å². The molecule has 0 radical (unpaired) electrons. The minimum atomic E-state index is -4.65. The molecule has 0 bridgehead atoms. The highest BCUT2D eigenvalue weighted by Gasteiger charge is 2.50. The highest BCUT2D eigenvalue weighted by Crippen LogP contribution is 2.38. The predicted octanol–water partition coefficient (Wildman–Crippen LogP) is 3.50. The fourth-order valence-corrected chi connectivity index (χ4v) is 2.76. The van der Waals surface area contributed by atoms with Gasteiger partial charge in [0.15, 0.2) is 5.60 Å². The number of halogens is 4. The van der Waals surface area contributed by atoms with E-state index in [4.69, 9.17) is 16.3 Å². The Morgan fingerprint density at radius 3 is 2.37 bits per heavy atom. The molecule has 0 atom stereocenters. The SMILES string of the molecule is CNS(=O)(=O)c1ccc(OC(C)(C)C(F)(F)F)c(Nc2cc(Cl)ncn2)c1. The van der Waals surface area contributed by atoms with E-state index in [9.17, 15) is 21.6 Å². The Kier molecular flexibility index (Phi) is 5.88. The van der Waals surface area contributed by atoms with E-state index in [1.54, 1.807) is 0 Å². The zero-order valence-corrected chi connectivity index (χ0v) is 16.0. The van der Waals surface area contributed by atoms with Crippen molar-refractivity contribution in [1.29, 1.82) is 0 Å². The summed E-state index contributed by atoms with van der Waals surface area (Å²) < 4.78 is 70.8. The molecule has 0 aliphatic carbocycles. The van der Waals surface area contributed by atoms with Gasteiger partial charge in [-0.2, -0.15) is 13.2 Å². The van der Waals surface area contributed by atoms with Crippen LogP contribution < -0.4 is 14.8 Å². The second kappa shape index (κ2) is 7.49. The number of ether oxygens (including phenoxy) is 1. The van der Waals surface area contributed by atoms with Crippen LogP contribution in [0.5, 0.6) is 5.75 Å². The van der Waals surface area contributed by atoms with Gasteiger partial charge in [-0.15, -0.1) is 0 Å². The average Bonchev–Trinajstić information content (AvgIpc) is 2.55. The third-order valence-corrected chi connectivity index (χ3v) is 5.09. The Labute approximate surface area is 159 Å². The molecule has 12 heteroatoms. The van der Waals surface area contributed by atoms with Crippen LogP contribution >= 0.6 is 11.6 Å². The Morgan fingerprint density at radius 2 is 1.81 bits per heavy atom. The Morgan fingerprint density at radius 1 is 1.15 bits per heavy atom. The molecule has 0 fully saturated rings. The van der Waals surface area contributed by atoms with Crippen molar-refractivity contribution in [2.45, 2.75) is 30.5 Å². The first-order valence-electron chi connectivity index (χ1n) is 7.43. The van der Waals surface area contributed by atoms with E-state index < -0.39 is 21.8 Å². The van der Waals surface area contributed by atoms with Crippen LogP contribution in [0.15, 0.2) is 35.5 Å². The third-order valence-electron chi connectivity index (χ3n) is 3.47. The number of nitrogens with one attached hydrogen (secondary N) is 2. The van der Waals surface area contributed by atoms with E-state index in [1.807, 2.05) is 0 Å². The van der Waals surface area contributed by atoms with Gasteiger partial charge in [-0.3, -0.25) is 0 Å². The number of benzene rings is 1. The normalized spacial score (nSPS) is 12.7. The predicted molar refractivity (Wildman–Crippen MR) is 93.8 cm³/mol. The standard InChI is InChI=1S/C15H16ClF3N4O3S/c1-14(2,15(17,18)19)26-11-5-4-9(27(24,25)20-3)6-10(11)23-13-7-12(16)21-8-22-13/h4-8,20H,1-3H3,(H,21,22,23). The lowest BCUT2D eigenvalue weighted by molar-refractivity contribution is -0.234. The first kappa shape index (κ1) is 21.2. The molecule has 0 amide bonds. The second-order valence-electron chi connectivity index (χ2n) is 5.83. The number of anilines is 2. The summed E-state index contributed by atoms with van der Waals surface area (Å²) in [5.74, 6) is -0.0780. The average molecular weight is 425 g/mol. The largest absolute Gasteiger partial charge is 0.476 e. The van der Waals surface area contributed by atoms with Gasteiger partial charge in [0.25, 0.3) is 0 Å². The number of rotatable bonds is 6. The summed E-state index contributed by atoms with van der Waals surface area (Å²) >= 11 is 5.77. The van der Waals surface area contributed by atoms with E-state index >= 15 is 0 Å². The minimum absolute atomic E-state index is 0.0431. The van der Waals surface area contributed by atoms with Crippen LogP contribution in [0.3, 0.4) is 0 Å². The van der Waals surface area contributed by atoms with Crippen LogP contribution in [0.1, 0.15) is 13.8 Å². The van der Waals surface area contributed by atoms with Crippen LogP contribution in [0.25, 0.3) is 0 Å². The van der Waals surface area contributed by atoms with Crippen molar-refractivity contribution in [3.63, 3.8) is 0 Å². The molecule has 0 saturated heterocycles. The van der Waals surface area contributed by atoms with E-state index in [0.717, 1.165) is 38.4 Å². The molecular formula is C15H16ClF3N4O3S. The van der Waals surface area contributed by atoms with E-state index in [2.05, 4.69) is 20.0 Å². The summed E-state index contributed by atoms with van der Waals surface area (Å²) in [6, 6.07) is 4.71. The molecule has 2 rings (SSSR count). The number of nitrogens with zero attached hydrogens (tertiary/aromatic N) is 2. The van der Waals surface area contributed by atoms with E-state index in [1.165, 1.54) is 13.1 Å². The zero-order valence-electron chi connectivity index (χ0n) is 14.4. The summed E-state index contributed by atoms with van der Waals surface area (Å²) in [5.41, 5.74) is -2.56. The number of hydrogen-bond acceptors (Lipinski definition) is 6. The van der Waals surface area contributed by atoms with E-state index in [0.29, 0.717) is 0 Å². The van der Waals surface area contributed by atoms with Crippen LogP contribution in [0.2, 0.25) is 5.15 Å². The van der Waals surface area contributed by atoms with Crippen LogP contribution in [-0.2, 0) is 10.0 Å². The zero-order chi connectivity index (χ0) is 20.5. The summed E-state index contributed by atoms with van der Waals surface area (Å²) in [5, 5.41) is 2.79. The van der Waals surface area contributed by atoms with Gasteiger partial charge >= 0.3 is 6.18 Å². The van der Waals surface area contributed by atoms with Gasteiger partial charge in [-0.25, -0.2) is 23.1 Å². The first-order chi connectivity index (χ1) is 12.4. The molecule has 7 nitrogen and oxygen atoms in total. The number of hydrogen-bond donors (Lipinski definition) is 2. The summed E-state index contributed by atoms with van der Waals surface area (Å²) in [6.07, 6.45) is -3.52. The molecule has 27 heavy (non-hydrogen) atoms. The maximum absolute atomic E-state index is 13.2. The molecule has 2 N–H and O–H groups in total. The van der Waals surface area contributed by atoms with Gasteiger partial charge in [-0.05, 0) is 39.1 Å². The van der Waals surface area contributed by atoms with Crippen LogP contribution in [0.4, 0.5) is 24.7 Å². The topological polar surface area (TPSA) is 93.2 Å². The number of alkyl halides is 3. The lowest BCUT2D eigenvalue weighted by Gasteiger charge is -2.30. The minimum Gasteiger partial charge on any atom is -0.476 e. The van der Waals surface area contributed by atoms with Gasteiger partial charge in [0.05, 0.1) is 10.6 Å². The van der Waals surface area contributed by atoms with Crippen molar-refractivity contribution in [3.05, 3.63) is 35.7 Å². The van der Waals surface area contributed by atoms with Crippen molar-refractivity contribution in [2.75, 3.05) is 12.4 Å². The first-order valence-corrected chi connectivity index (χ1v) is 9.30. The van der Waals surface area contributed by atoms with Crippen LogP contribution in [0, 0.1) is 0 Å². The maximum atomic E-state index is 13.2. The maximum Gasteiger partial charge on any atom is 0.427 e. The molecule has 0 aliphatic heterocycles. The van der Waals surface area contributed by atoms with Gasteiger partial charge in [0, 0.05) is 6.07 Å². The molecule has 1 aromatic carbocycles. The molecule has 1 aromatic heterocycles. The van der Waals surface area contributed by atoms with Gasteiger partial charge in [0.1, 0.15) is 23.0 Å². The van der Waals surface area contributed by atoms with Crippen LogP contribution in [-0.4, -0.2) is 37.2 Å². The Balaban J connectivity index is 2.52. The fraction of sp³-hybridized carbons (Fsp3) is 0.333. The van der Waals surface area contributed by atoms with Crippen molar-refractivity contribution < 1.29 is 26.3 Å². The Hall–Kier alpha value is -2.11. The second-order valence-corrected chi connectivity index (χ2v) is 8.10. The van der Waals surface area contributed by atoms with Crippen molar-refractivity contribution in [2.24, 2.45) is 0 Å². The van der Waals surface area contributed by atoms with Gasteiger partial charge in [-0.1, -0.05) is 11.6 Å². The highest BCUT2D eigenvalue weighted by atomic mass is 35.5. The smallest absolute Gasteiger partial charge is 0.427 e. The summed E-state index contributed by atoms with van der Waals surface area (Å²) in [4.78, 5) is 7.40. The highest BCUT2D eigenvalue weighted by molar-refractivity contribution is 7.89. The molecule has 0 aliphatic rings. The monoisotopic (exact) mass is 424 g/mol. The quantitative estimate of drug-likeness (QED) is 0.689. The summed E-state index contributed by atoms with van der Waals surface area (Å²) in [6.45, 7) is 1.72. The third kappa shape index (κ3) is 4.99. The van der Waals surface area contributed by atoms with Gasteiger partial charge in [0.2, 0.25) is 10.0 Å². The fourth-order valence-electron chi connectivity index (χ4n) is 1.85. The lowest BCUT2D eigenvalue weighted by Crippen LogP contribution is -2.44. The molecule has 0 spiro atoms. The molecule has 148 valence electrons. The number of aromatic nitrogens is 2. The van der Waals surface area contributed by atoms with E-state index in [-0.39, 0.29) is 27.3 Å². The molecule has 0 saturated carbocycles. The summed E-state index contributed by atoms with van der Waals surface area (Å²) in [7, 11) is -2.62. The Bertz CT molecular complexity index is 936. The van der Waals surface area contributed by atoms with Crippen molar-refractivity contribution in [3.8, 4) is 5.75 Å².